The molecule has 2 aromatic heterocycles. The Morgan fingerprint density at radius 2 is 2.43 bits per heavy atom. The third kappa shape index (κ3) is 2.14. The molecule has 0 saturated heterocycles. The molecule has 2 rings (SSSR count). The van der Waals surface area contributed by atoms with Crippen LogP contribution in [-0.4, -0.2) is 30.1 Å². The van der Waals surface area contributed by atoms with E-state index in [1.54, 1.807) is 29.0 Å². The van der Waals surface area contributed by atoms with Crippen LogP contribution in [0.5, 0.6) is 0 Å². The van der Waals surface area contributed by atoms with Crippen LogP contribution in [0.1, 0.15) is 0 Å². The van der Waals surface area contributed by atoms with Gasteiger partial charge in [-0.15, -0.1) is 0 Å². The van der Waals surface area contributed by atoms with Crippen LogP contribution in [0.2, 0.25) is 0 Å². The second-order valence-electron chi connectivity index (χ2n) is 2.82. The molecule has 0 fully saturated rings. The number of aryl methyl sites for hydroxylation is 2. The minimum atomic E-state index is 0.942. The highest BCUT2D eigenvalue weighted by atomic mass is 32.2. The highest BCUT2D eigenvalue weighted by Gasteiger charge is 2.00. The van der Waals surface area contributed by atoms with Crippen molar-refractivity contribution in [1.29, 1.82) is 0 Å². The maximum atomic E-state index is 4.12. The lowest BCUT2D eigenvalue weighted by Crippen LogP contribution is -1.99. The average molecular weight is 209 g/mol. The Labute approximate surface area is 86.2 Å². The van der Waals surface area contributed by atoms with Crippen molar-refractivity contribution in [2.45, 2.75) is 11.7 Å². The first-order valence-electron chi connectivity index (χ1n) is 4.29. The van der Waals surface area contributed by atoms with Gasteiger partial charge in [0.25, 0.3) is 0 Å². The van der Waals surface area contributed by atoms with Crippen LogP contribution in [0.25, 0.3) is 0 Å². The lowest BCUT2D eigenvalue weighted by atomic mass is 10.7. The van der Waals surface area contributed by atoms with Crippen molar-refractivity contribution in [3.05, 3.63) is 25.0 Å². The number of thioether (sulfide) groups is 1. The summed E-state index contributed by atoms with van der Waals surface area (Å²) < 4.78 is 3.82. The Kier molecular flexibility index (Phi) is 2.83. The Morgan fingerprint density at radius 3 is 3.07 bits per heavy atom. The third-order valence-electron chi connectivity index (χ3n) is 1.81. The summed E-state index contributed by atoms with van der Waals surface area (Å²) in [4.78, 5) is 8.10. The molecule has 2 aromatic rings. The SMILES string of the molecule is Cn1ncnc1SCCn1ccnc1. The van der Waals surface area contributed by atoms with Gasteiger partial charge >= 0.3 is 0 Å². The number of rotatable bonds is 4. The van der Waals surface area contributed by atoms with Gasteiger partial charge in [0, 0.05) is 31.7 Å². The zero-order chi connectivity index (χ0) is 9.80. The molecular formula is C8H11N5S. The topological polar surface area (TPSA) is 48.5 Å². The number of nitrogens with zero attached hydrogens (tertiary/aromatic N) is 5. The van der Waals surface area contributed by atoms with Crippen molar-refractivity contribution >= 4 is 11.8 Å². The van der Waals surface area contributed by atoms with Crippen LogP contribution in [0.3, 0.4) is 0 Å². The van der Waals surface area contributed by atoms with E-state index in [4.69, 9.17) is 0 Å². The number of imidazole rings is 1. The number of aromatic nitrogens is 5. The fourth-order valence-electron chi connectivity index (χ4n) is 1.08. The molecule has 14 heavy (non-hydrogen) atoms. The fraction of sp³-hybridized carbons (Fsp3) is 0.375. The summed E-state index contributed by atoms with van der Waals surface area (Å²) in [5, 5.41) is 4.95. The fourth-order valence-corrected chi connectivity index (χ4v) is 1.92. The van der Waals surface area contributed by atoms with E-state index in [9.17, 15) is 0 Å². The summed E-state index contributed by atoms with van der Waals surface area (Å²) in [7, 11) is 1.90. The standard InChI is InChI=1S/C8H11N5S/c1-12-8(10-6-11-12)14-5-4-13-3-2-9-7-13/h2-3,6-7H,4-5H2,1H3. The average Bonchev–Trinajstić information content (AvgIpc) is 2.78. The maximum absolute atomic E-state index is 4.12. The Balaban J connectivity index is 1.81. The summed E-state index contributed by atoms with van der Waals surface area (Å²) >= 11 is 1.69. The molecule has 2 heterocycles. The lowest BCUT2D eigenvalue weighted by molar-refractivity contribution is 0.683. The Bertz CT molecular complexity index is 380. The maximum Gasteiger partial charge on any atom is 0.185 e. The van der Waals surface area contributed by atoms with Gasteiger partial charge in [-0.2, -0.15) is 5.10 Å². The second-order valence-corrected chi connectivity index (χ2v) is 3.88. The predicted molar refractivity (Wildman–Crippen MR) is 54.0 cm³/mol. The van der Waals surface area contributed by atoms with Gasteiger partial charge in [-0.3, -0.25) is 0 Å². The summed E-state index contributed by atoms with van der Waals surface area (Å²) in [5.74, 6) is 0.975. The van der Waals surface area contributed by atoms with Gasteiger partial charge in [-0.05, 0) is 0 Å². The summed E-state index contributed by atoms with van der Waals surface area (Å²) in [6.07, 6.45) is 7.13. The molecule has 0 amide bonds. The summed E-state index contributed by atoms with van der Waals surface area (Å²) in [6, 6.07) is 0. The summed E-state index contributed by atoms with van der Waals surface area (Å²) in [5.41, 5.74) is 0. The van der Waals surface area contributed by atoms with E-state index < -0.39 is 0 Å². The molecule has 0 spiro atoms. The van der Waals surface area contributed by atoms with Gasteiger partial charge in [-0.25, -0.2) is 14.6 Å². The monoisotopic (exact) mass is 209 g/mol. The van der Waals surface area contributed by atoms with Crippen LogP contribution in [0, 0.1) is 0 Å². The van der Waals surface area contributed by atoms with Crippen molar-refractivity contribution < 1.29 is 0 Å². The van der Waals surface area contributed by atoms with Crippen molar-refractivity contribution in [1.82, 2.24) is 24.3 Å². The van der Waals surface area contributed by atoms with E-state index in [0.29, 0.717) is 0 Å². The number of hydrogen-bond donors (Lipinski definition) is 0. The van der Waals surface area contributed by atoms with Crippen molar-refractivity contribution in [2.24, 2.45) is 7.05 Å². The second kappa shape index (κ2) is 4.28. The minimum absolute atomic E-state index is 0.942. The molecule has 0 N–H and O–H groups in total. The predicted octanol–water partition coefficient (Wildman–Crippen LogP) is 0.804. The lowest BCUT2D eigenvalue weighted by Gasteiger charge is -2.01. The first-order valence-corrected chi connectivity index (χ1v) is 5.27. The first-order chi connectivity index (χ1) is 6.86. The molecule has 0 atom stereocenters. The zero-order valence-corrected chi connectivity index (χ0v) is 8.68. The zero-order valence-electron chi connectivity index (χ0n) is 7.87. The van der Waals surface area contributed by atoms with Crippen LogP contribution in [0.4, 0.5) is 0 Å². The number of hydrogen-bond acceptors (Lipinski definition) is 4. The Hall–Kier alpha value is -1.30. The molecule has 0 aliphatic rings. The molecule has 6 heteroatoms. The van der Waals surface area contributed by atoms with Crippen LogP contribution >= 0.6 is 11.8 Å². The van der Waals surface area contributed by atoms with E-state index >= 15 is 0 Å². The largest absolute Gasteiger partial charge is 0.337 e. The molecule has 5 nitrogen and oxygen atoms in total. The van der Waals surface area contributed by atoms with E-state index in [0.717, 1.165) is 17.5 Å². The molecule has 0 bridgehead atoms. The van der Waals surface area contributed by atoms with Crippen LogP contribution < -0.4 is 0 Å². The molecule has 0 aromatic carbocycles. The third-order valence-corrected chi connectivity index (χ3v) is 2.82. The van der Waals surface area contributed by atoms with E-state index in [1.165, 1.54) is 0 Å². The van der Waals surface area contributed by atoms with Crippen molar-refractivity contribution in [2.75, 3.05) is 5.75 Å². The minimum Gasteiger partial charge on any atom is -0.337 e. The van der Waals surface area contributed by atoms with Gasteiger partial charge < -0.3 is 4.57 Å². The molecule has 0 radical (unpaired) electrons. The molecule has 0 aliphatic carbocycles. The molecule has 0 saturated carbocycles. The van der Waals surface area contributed by atoms with Crippen LogP contribution in [0.15, 0.2) is 30.2 Å². The van der Waals surface area contributed by atoms with E-state index in [1.807, 2.05) is 24.1 Å². The van der Waals surface area contributed by atoms with Crippen molar-refractivity contribution in [3.63, 3.8) is 0 Å². The van der Waals surface area contributed by atoms with Crippen LogP contribution in [-0.2, 0) is 13.6 Å². The van der Waals surface area contributed by atoms with Gasteiger partial charge in [-0.1, -0.05) is 11.8 Å². The highest BCUT2D eigenvalue weighted by Crippen LogP contribution is 2.12. The quantitative estimate of drug-likeness (QED) is 0.699. The molecule has 0 unspecified atom stereocenters. The highest BCUT2D eigenvalue weighted by molar-refractivity contribution is 7.99. The Morgan fingerprint density at radius 1 is 1.50 bits per heavy atom. The van der Waals surface area contributed by atoms with Gasteiger partial charge in [0.05, 0.1) is 6.33 Å². The van der Waals surface area contributed by atoms with Gasteiger partial charge in [0.2, 0.25) is 0 Å². The van der Waals surface area contributed by atoms with Gasteiger partial charge in [0.15, 0.2) is 5.16 Å². The molecule has 0 aliphatic heterocycles. The molecular weight excluding hydrogens is 198 g/mol. The first kappa shape index (κ1) is 9.26. The van der Waals surface area contributed by atoms with E-state index in [-0.39, 0.29) is 0 Å². The van der Waals surface area contributed by atoms with Gasteiger partial charge in [0.1, 0.15) is 6.33 Å². The normalized spacial score (nSPS) is 10.6. The van der Waals surface area contributed by atoms with E-state index in [2.05, 4.69) is 15.1 Å². The smallest absolute Gasteiger partial charge is 0.185 e. The molecule has 74 valence electrons. The van der Waals surface area contributed by atoms with Crippen molar-refractivity contribution in [3.8, 4) is 0 Å². The summed E-state index contributed by atoms with van der Waals surface area (Å²) in [6.45, 7) is 0.942.